The maximum absolute atomic E-state index is 13.4. The number of ether oxygens (including phenoxy) is 1. The van der Waals surface area contributed by atoms with Crippen LogP contribution in [0, 0.1) is 39.7 Å². The predicted octanol–water partition coefficient (Wildman–Crippen LogP) is 4.13. The number of nitrogens with one attached hydrogen (secondary N) is 1. The summed E-state index contributed by atoms with van der Waals surface area (Å²) in [5.41, 5.74) is 1.10. The molecule has 2 N–H and O–H groups in total. The van der Waals surface area contributed by atoms with Crippen LogP contribution in [0.3, 0.4) is 0 Å². The fraction of sp³-hybridized carbons (Fsp3) is 0.357. The van der Waals surface area contributed by atoms with E-state index in [1.54, 1.807) is 18.2 Å². The van der Waals surface area contributed by atoms with Gasteiger partial charge in [-0.2, -0.15) is 0 Å². The molecule has 0 spiro atoms. The van der Waals surface area contributed by atoms with Crippen LogP contribution in [-0.2, 0) is 21.0 Å². The molecular weight excluding hydrogens is 606 g/mol. The second-order valence-electron chi connectivity index (χ2n) is 11.0. The summed E-state index contributed by atoms with van der Waals surface area (Å²) in [4.78, 5) is 66.4. The summed E-state index contributed by atoms with van der Waals surface area (Å²) in [5, 5.41) is 22.2. The van der Waals surface area contributed by atoms with Gasteiger partial charge in [0.05, 0.1) is 21.8 Å². The first kappa shape index (κ1) is 27.2. The number of carboxylic acids is 1. The molecule has 42 heavy (non-hydrogen) atoms. The normalized spacial score (nSPS) is 28.9. The molecule has 3 heterocycles. The Morgan fingerprint density at radius 2 is 1.88 bits per heavy atom. The van der Waals surface area contributed by atoms with Crippen LogP contribution in [0.5, 0.6) is 5.75 Å². The van der Waals surface area contributed by atoms with Crippen molar-refractivity contribution in [3.63, 3.8) is 0 Å². The van der Waals surface area contributed by atoms with Gasteiger partial charge < -0.3 is 14.8 Å². The standard InChI is InChI=1S/C28H22ClN3O8S2/c29-16-4-2-1-3-11(16)10-40-17-6-5-12(32(38)39)7-13(17)19-20-14-8-15(23(20)41-25-24(19)42-28(37)30-25)22-21(14)26(35)31(27(22)36)9-18(33)34/h1-7,14-15,19-23H,8-10H2,(H,30,37)(H,33,34)/t14-,15-,19-,20+,21+,22-,23-/m1/s1. The van der Waals surface area contributed by atoms with Crippen molar-refractivity contribution < 1.29 is 29.2 Å². The molecule has 7 rings (SSSR count). The summed E-state index contributed by atoms with van der Waals surface area (Å²) >= 11 is 8.84. The van der Waals surface area contributed by atoms with E-state index in [1.807, 2.05) is 12.1 Å². The van der Waals surface area contributed by atoms with Gasteiger partial charge in [0.1, 0.15) is 18.9 Å². The van der Waals surface area contributed by atoms with Crippen molar-refractivity contribution in [1.82, 2.24) is 9.88 Å². The highest BCUT2D eigenvalue weighted by Gasteiger charge is 2.69. The number of hydrogen-bond acceptors (Lipinski definition) is 9. The van der Waals surface area contributed by atoms with Gasteiger partial charge in [-0.15, -0.1) is 11.8 Å². The second kappa shape index (κ2) is 9.96. The molecule has 2 aromatic carbocycles. The van der Waals surface area contributed by atoms with Gasteiger partial charge in [-0.25, -0.2) is 0 Å². The second-order valence-corrected chi connectivity index (χ2v) is 13.6. The number of aromatic amines is 1. The van der Waals surface area contributed by atoms with Crippen molar-refractivity contribution >= 4 is 58.2 Å². The molecule has 4 aliphatic rings. The summed E-state index contributed by atoms with van der Waals surface area (Å²) in [5.74, 6) is -4.36. The molecule has 1 aromatic heterocycles. The highest BCUT2D eigenvalue weighted by atomic mass is 35.5. The van der Waals surface area contributed by atoms with Crippen molar-refractivity contribution in [2.45, 2.75) is 29.2 Å². The lowest BCUT2D eigenvalue weighted by atomic mass is 9.68. The summed E-state index contributed by atoms with van der Waals surface area (Å²) in [7, 11) is 0. The van der Waals surface area contributed by atoms with E-state index in [1.165, 1.54) is 23.9 Å². The van der Waals surface area contributed by atoms with E-state index in [-0.39, 0.29) is 40.2 Å². The first-order valence-corrected chi connectivity index (χ1v) is 15.3. The summed E-state index contributed by atoms with van der Waals surface area (Å²) in [6.45, 7) is -0.578. The third-order valence-corrected chi connectivity index (χ3v) is 11.9. The molecule has 2 aliphatic carbocycles. The average molecular weight is 628 g/mol. The molecule has 2 aliphatic heterocycles. The first-order chi connectivity index (χ1) is 20.1. The number of hydrogen-bond donors (Lipinski definition) is 2. The maximum atomic E-state index is 13.4. The lowest BCUT2D eigenvalue weighted by Crippen LogP contribution is -2.42. The molecule has 216 valence electrons. The molecule has 2 saturated carbocycles. The molecule has 3 fully saturated rings. The molecule has 0 unspecified atom stereocenters. The minimum Gasteiger partial charge on any atom is -0.489 e. The summed E-state index contributed by atoms with van der Waals surface area (Å²) < 4.78 is 6.24. The number of aromatic nitrogens is 1. The third kappa shape index (κ3) is 4.08. The number of nitrogens with zero attached hydrogens (tertiary/aromatic N) is 2. The number of nitro groups is 1. The van der Waals surface area contributed by atoms with E-state index in [9.17, 15) is 34.4 Å². The number of halogens is 1. The molecule has 1 saturated heterocycles. The van der Waals surface area contributed by atoms with Gasteiger partial charge in [0.25, 0.3) is 5.69 Å². The number of thioether (sulfide) groups is 1. The number of nitro benzene ring substituents is 1. The van der Waals surface area contributed by atoms with E-state index in [4.69, 9.17) is 16.3 Å². The van der Waals surface area contributed by atoms with Crippen molar-refractivity contribution in [2.75, 3.05) is 6.54 Å². The number of carbonyl (C=O) groups excluding carboxylic acids is 2. The lowest BCUT2D eigenvalue weighted by Gasteiger charge is -2.43. The fourth-order valence-electron chi connectivity index (χ4n) is 7.51. The first-order valence-electron chi connectivity index (χ1n) is 13.2. The molecule has 14 heteroatoms. The Balaban J connectivity index is 1.33. The minimum atomic E-state index is -1.26. The van der Waals surface area contributed by atoms with E-state index in [0.29, 0.717) is 32.7 Å². The Hall–Kier alpha value is -3.68. The largest absolute Gasteiger partial charge is 0.489 e. The van der Waals surface area contributed by atoms with Crippen LogP contribution in [0.15, 0.2) is 52.3 Å². The Bertz CT molecular complexity index is 1740. The number of amides is 2. The minimum absolute atomic E-state index is 0.101. The van der Waals surface area contributed by atoms with Crippen molar-refractivity contribution in [3.05, 3.63) is 83.3 Å². The average Bonchev–Trinajstić information content (AvgIpc) is 3.68. The molecule has 2 bridgehead atoms. The van der Waals surface area contributed by atoms with Crippen LogP contribution in [0.2, 0.25) is 5.02 Å². The highest BCUT2D eigenvalue weighted by Crippen LogP contribution is 2.69. The number of likely N-dealkylation sites (tertiary alicyclic amines) is 1. The smallest absolute Gasteiger partial charge is 0.323 e. The van der Waals surface area contributed by atoms with Crippen molar-refractivity contribution in [3.8, 4) is 5.75 Å². The van der Waals surface area contributed by atoms with Gasteiger partial charge >= 0.3 is 10.8 Å². The van der Waals surface area contributed by atoms with Gasteiger partial charge in [-0.05, 0) is 36.3 Å². The fourth-order valence-corrected chi connectivity index (χ4v) is 10.6. The topological polar surface area (TPSA) is 160 Å². The zero-order valence-corrected chi connectivity index (χ0v) is 24.0. The molecule has 0 radical (unpaired) electrons. The van der Waals surface area contributed by atoms with Gasteiger partial charge in [-0.3, -0.25) is 34.2 Å². The molecule has 2 amide bonds. The quantitative estimate of drug-likeness (QED) is 0.223. The number of non-ortho nitro benzene ring substituents is 1. The maximum Gasteiger partial charge on any atom is 0.323 e. The predicted molar refractivity (Wildman–Crippen MR) is 152 cm³/mol. The van der Waals surface area contributed by atoms with Crippen LogP contribution in [0.4, 0.5) is 5.69 Å². The number of fused-ring (bicyclic) bond motifs is 9. The number of carbonyl (C=O) groups is 3. The van der Waals surface area contributed by atoms with Crippen LogP contribution < -0.4 is 9.61 Å². The van der Waals surface area contributed by atoms with Crippen LogP contribution in [0.25, 0.3) is 0 Å². The Labute approximate surface area is 251 Å². The van der Waals surface area contributed by atoms with Gasteiger partial charge in [-0.1, -0.05) is 41.1 Å². The van der Waals surface area contributed by atoms with Crippen LogP contribution in [0.1, 0.15) is 28.3 Å². The highest BCUT2D eigenvalue weighted by molar-refractivity contribution is 8.00. The molecule has 3 aromatic rings. The summed E-state index contributed by atoms with van der Waals surface area (Å²) in [6.07, 6.45) is 0.594. The van der Waals surface area contributed by atoms with E-state index in [0.717, 1.165) is 21.8 Å². The zero-order valence-electron chi connectivity index (χ0n) is 21.6. The van der Waals surface area contributed by atoms with Gasteiger partial charge in [0.15, 0.2) is 0 Å². The number of thiazole rings is 1. The van der Waals surface area contributed by atoms with Crippen LogP contribution >= 0.6 is 34.7 Å². The molecule has 7 atom stereocenters. The monoisotopic (exact) mass is 627 g/mol. The Morgan fingerprint density at radius 1 is 1.14 bits per heavy atom. The van der Waals surface area contributed by atoms with Gasteiger partial charge in [0, 0.05) is 44.3 Å². The third-order valence-electron chi connectivity index (χ3n) is 8.99. The number of aliphatic carboxylic acids is 1. The number of H-pyrrole nitrogens is 1. The van der Waals surface area contributed by atoms with Gasteiger partial charge in [0.2, 0.25) is 11.8 Å². The number of benzene rings is 2. The zero-order chi connectivity index (χ0) is 29.4. The Kier molecular flexibility index (Phi) is 6.44. The van der Waals surface area contributed by atoms with E-state index in [2.05, 4.69) is 4.98 Å². The van der Waals surface area contributed by atoms with Crippen molar-refractivity contribution in [1.29, 1.82) is 0 Å². The summed E-state index contributed by atoms with van der Waals surface area (Å²) in [6, 6.07) is 11.6. The molecule has 11 nitrogen and oxygen atoms in total. The van der Waals surface area contributed by atoms with Crippen molar-refractivity contribution in [2.24, 2.45) is 29.6 Å². The van der Waals surface area contributed by atoms with Crippen LogP contribution in [-0.4, -0.2) is 49.5 Å². The van der Waals surface area contributed by atoms with E-state index < -0.39 is 47.0 Å². The van der Waals surface area contributed by atoms with E-state index >= 15 is 0 Å². The molecular formula is C28H22ClN3O8S2. The lowest BCUT2D eigenvalue weighted by molar-refractivity contribution is -0.385. The number of imide groups is 1. The Morgan fingerprint density at radius 3 is 2.60 bits per heavy atom. The number of rotatable bonds is 7. The SMILES string of the molecule is O=C(O)CN1C(=O)[C@@H]2[C@H]3C[C@@H]([C@@H]2C1=O)[C@H]1[C@@H](c2cc([N+](=O)[O-])ccc2OCc2ccccc2Cl)c2sc(=O)[nH]c2S[C@H]31. The number of carboxylic acid groups (broad SMARTS) is 1.